The monoisotopic (exact) mass is 282 g/mol. The van der Waals surface area contributed by atoms with E-state index in [1.54, 1.807) is 6.07 Å². The number of rotatable bonds is 5. The highest BCUT2D eigenvalue weighted by Gasteiger charge is 2.23. The van der Waals surface area contributed by atoms with Gasteiger partial charge >= 0.3 is 5.97 Å². The fourth-order valence-corrected chi connectivity index (χ4v) is 2.32. The Morgan fingerprint density at radius 1 is 1.47 bits per heavy atom. The smallest absolute Gasteiger partial charge is 0.337 e. The molecular formula is C14H18O4S. The van der Waals surface area contributed by atoms with E-state index >= 15 is 0 Å². The van der Waals surface area contributed by atoms with Crippen molar-refractivity contribution >= 4 is 18.6 Å². The van der Waals surface area contributed by atoms with Gasteiger partial charge in [0.2, 0.25) is 0 Å². The standard InChI is InChI=1S/C14H18O4S/c1-16-13(15)11-4-2-3-10(9-11)5-6-12(19)14-17-7-8-18-14/h2-4,9,12,14,19H,5-8H2,1H3/t12-/m0/s1. The third-order valence-electron chi connectivity index (χ3n) is 3.04. The number of benzene rings is 1. The third-order valence-corrected chi connectivity index (χ3v) is 3.54. The van der Waals surface area contributed by atoms with Gasteiger partial charge in [-0.15, -0.1) is 0 Å². The van der Waals surface area contributed by atoms with Gasteiger partial charge in [-0.1, -0.05) is 12.1 Å². The molecule has 1 fully saturated rings. The Kier molecular flexibility index (Phi) is 5.24. The summed E-state index contributed by atoms with van der Waals surface area (Å²) in [5.41, 5.74) is 1.66. The van der Waals surface area contributed by atoms with E-state index in [0.717, 1.165) is 18.4 Å². The van der Waals surface area contributed by atoms with Crippen LogP contribution in [0, 0.1) is 0 Å². The first kappa shape index (κ1) is 14.4. The number of esters is 1. The molecule has 4 nitrogen and oxygen atoms in total. The van der Waals surface area contributed by atoms with Crippen LogP contribution in [-0.4, -0.2) is 37.8 Å². The normalized spacial score (nSPS) is 17.4. The second-order valence-electron chi connectivity index (χ2n) is 4.41. The fraction of sp³-hybridized carbons (Fsp3) is 0.500. The number of aryl methyl sites for hydroxylation is 1. The molecule has 0 aromatic heterocycles. The van der Waals surface area contributed by atoms with E-state index in [9.17, 15) is 4.79 Å². The first-order valence-electron chi connectivity index (χ1n) is 6.29. The predicted molar refractivity (Wildman–Crippen MR) is 74.6 cm³/mol. The van der Waals surface area contributed by atoms with Gasteiger partial charge in [-0.25, -0.2) is 4.79 Å². The van der Waals surface area contributed by atoms with Crippen LogP contribution < -0.4 is 0 Å². The van der Waals surface area contributed by atoms with Crippen molar-refractivity contribution in [3.8, 4) is 0 Å². The summed E-state index contributed by atoms with van der Waals surface area (Å²) >= 11 is 4.50. The lowest BCUT2D eigenvalue weighted by molar-refractivity contribution is -0.0423. The van der Waals surface area contributed by atoms with Crippen LogP contribution in [0.5, 0.6) is 0 Å². The molecule has 1 aromatic carbocycles. The van der Waals surface area contributed by atoms with E-state index in [1.165, 1.54) is 7.11 Å². The average Bonchev–Trinajstić information content (AvgIpc) is 2.98. The zero-order chi connectivity index (χ0) is 13.7. The Labute approximate surface area is 118 Å². The van der Waals surface area contributed by atoms with Gasteiger partial charge in [0.05, 0.1) is 31.1 Å². The summed E-state index contributed by atoms with van der Waals surface area (Å²) in [6.07, 6.45) is 1.44. The van der Waals surface area contributed by atoms with Gasteiger partial charge < -0.3 is 14.2 Å². The molecule has 0 spiro atoms. The van der Waals surface area contributed by atoms with E-state index in [-0.39, 0.29) is 17.5 Å². The van der Waals surface area contributed by atoms with Gasteiger partial charge in [0.25, 0.3) is 0 Å². The molecule has 1 aliphatic heterocycles. The van der Waals surface area contributed by atoms with Crippen molar-refractivity contribution in [2.75, 3.05) is 20.3 Å². The van der Waals surface area contributed by atoms with Gasteiger partial charge in [-0.05, 0) is 30.5 Å². The topological polar surface area (TPSA) is 44.8 Å². The fourth-order valence-electron chi connectivity index (χ4n) is 2.02. The van der Waals surface area contributed by atoms with Crippen LogP contribution in [0.25, 0.3) is 0 Å². The van der Waals surface area contributed by atoms with E-state index in [2.05, 4.69) is 12.6 Å². The van der Waals surface area contributed by atoms with E-state index in [4.69, 9.17) is 14.2 Å². The number of ether oxygens (including phenoxy) is 3. The minimum Gasteiger partial charge on any atom is -0.465 e. The van der Waals surface area contributed by atoms with Crippen molar-refractivity contribution in [3.63, 3.8) is 0 Å². The molecule has 0 N–H and O–H groups in total. The van der Waals surface area contributed by atoms with Crippen molar-refractivity contribution < 1.29 is 19.0 Å². The van der Waals surface area contributed by atoms with Crippen molar-refractivity contribution in [2.45, 2.75) is 24.4 Å². The van der Waals surface area contributed by atoms with Gasteiger partial charge in [-0.3, -0.25) is 0 Å². The molecule has 19 heavy (non-hydrogen) atoms. The molecule has 1 saturated heterocycles. The first-order chi connectivity index (χ1) is 9.20. The molecular weight excluding hydrogens is 264 g/mol. The Hall–Kier alpha value is -1.04. The summed E-state index contributed by atoms with van der Waals surface area (Å²) in [6.45, 7) is 1.28. The number of carbonyl (C=O) groups excluding carboxylic acids is 1. The molecule has 104 valence electrons. The van der Waals surface area contributed by atoms with Crippen LogP contribution in [0.1, 0.15) is 22.3 Å². The molecule has 1 aromatic rings. The Bertz CT molecular complexity index is 429. The second-order valence-corrected chi connectivity index (χ2v) is 5.07. The summed E-state index contributed by atoms with van der Waals surface area (Å²) in [7, 11) is 1.38. The van der Waals surface area contributed by atoms with Gasteiger partial charge in [0.15, 0.2) is 6.29 Å². The highest BCUT2D eigenvalue weighted by molar-refractivity contribution is 7.81. The maximum atomic E-state index is 11.4. The van der Waals surface area contributed by atoms with Crippen molar-refractivity contribution in [1.82, 2.24) is 0 Å². The van der Waals surface area contributed by atoms with Crippen LogP contribution >= 0.6 is 12.6 Å². The number of carbonyl (C=O) groups is 1. The SMILES string of the molecule is COC(=O)c1cccc(CC[C@H](S)C2OCCO2)c1. The second kappa shape index (κ2) is 6.93. The lowest BCUT2D eigenvalue weighted by atomic mass is 10.0. The molecule has 0 unspecified atom stereocenters. The van der Waals surface area contributed by atoms with Gasteiger partial charge in [0, 0.05) is 0 Å². The number of thiol groups is 1. The Morgan fingerprint density at radius 2 is 2.21 bits per heavy atom. The third kappa shape index (κ3) is 3.96. The summed E-state index contributed by atoms with van der Waals surface area (Å²) in [5, 5.41) is 0.0456. The summed E-state index contributed by atoms with van der Waals surface area (Å²) in [6, 6.07) is 7.44. The highest BCUT2D eigenvalue weighted by atomic mass is 32.1. The lowest BCUT2D eigenvalue weighted by Crippen LogP contribution is -2.22. The zero-order valence-corrected chi connectivity index (χ0v) is 11.8. The zero-order valence-electron chi connectivity index (χ0n) is 10.9. The molecule has 1 atom stereocenters. The molecule has 0 bridgehead atoms. The minimum atomic E-state index is -0.313. The average molecular weight is 282 g/mol. The van der Waals surface area contributed by atoms with Crippen molar-refractivity contribution in [3.05, 3.63) is 35.4 Å². The number of hydrogen-bond donors (Lipinski definition) is 1. The molecule has 1 heterocycles. The first-order valence-corrected chi connectivity index (χ1v) is 6.81. The molecule has 5 heteroatoms. The summed E-state index contributed by atoms with van der Waals surface area (Å²) in [4.78, 5) is 11.4. The molecule has 2 rings (SSSR count). The highest BCUT2D eigenvalue weighted by Crippen LogP contribution is 2.19. The van der Waals surface area contributed by atoms with Gasteiger partial charge in [0.1, 0.15) is 0 Å². The largest absolute Gasteiger partial charge is 0.465 e. The van der Waals surface area contributed by atoms with E-state index < -0.39 is 0 Å². The quantitative estimate of drug-likeness (QED) is 0.663. The van der Waals surface area contributed by atoms with Crippen LogP contribution in [0.3, 0.4) is 0 Å². The van der Waals surface area contributed by atoms with Crippen LogP contribution in [0.2, 0.25) is 0 Å². The minimum absolute atomic E-state index is 0.0456. The van der Waals surface area contributed by atoms with Crippen LogP contribution in [0.4, 0.5) is 0 Å². The lowest BCUT2D eigenvalue weighted by Gasteiger charge is -2.16. The summed E-state index contributed by atoms with van der Waals surface area (Å²) in [5.74, 6) is -0.313. The molecule has 0 saturated carbocycles. The maximum Gasteiger partial charge on any atom is 0.337 e. The van der Waals surface area contributed by atoms with E-state index in [1.807, 2.05) is 18.2 Å². The van der Waals surface area contributed by atoms with Crippen LogP contribution in [-0.2, 0) is 20.6 Å². The van der Waals surface area contributed by atoms with E-state index in [0.29, 0.717) is 18.8 Å². The molecule has 0 amide bonds. The molecule has 1 aliphatic rings. The van der Waals surface area contributed by atoms with Crippen molar-refractivity contribution in [1.29, 1.82) is 0 Å². The Morgan fingerprint density at radius 3 is 2.89 bits per heavy atom. The van der Waals surface area contributed by atoms with Crippen molar-refractivity contribution in [2.24, 2.45) is 0 Å². The Balaban J connectivity index is 1.90. The number of hydrogen-bond acceptors (Lipinski definition) is 5. The predicted octanol–water partition coefficient (Wildman–Crippen LogP) is 2.08. The maximum absolute atomic E-state index is 11.4. The summed E-state index contributed by atoms with van der Waals surface area (Å²) < 4.78 is 15.5. The molecule has 0 radical (unpaired) electrons. The van der Waals surface area contributed by atoms with Crippen LogP contribution in [0.15, 0.2) is 24.3 Å². The van der Waals surface area contributed by atoms with Gasteiger partial charge in [-0.2, -0.15) is 12.6 Å². The molecule has 0 aliphatic carbocycles. The number of methoxy groups -OCH3 is 1.